The number of benzene rings is 1. The number of piperazine rings is 1. The van der Waals surface area contributed by atoms with Gasteiger partial charge in [-0.15, -0.1) is 24.8 Å². The summed E-state index contributed by atoms with van der Waals surface area (Å²) in [6.45, 7) is 1.55. The molecule has 0 spiro atoms. The molecule has 0 aliphatic carbocycles. The second-order valence-corrected chi connectivity index (χ2v) is 4.63. The van der Waals surface area contributed by atoms with Gasteiger partial charge in [0.15, 0.2) is 11.5 Å². The van der Waals surface area contributed by atoms with E-state index in [-0.39, 0.29) is 49.2 Å². The second kappa shape index (κ2) is 8.67. The van der Waals surface area contributed by atoms with Crippen LogP contribution in [0, 0.1) is 0 Å². The van der Waals surface area contributed by atoms with E-state index in [1.807, 2.05) is 0 Å². The maximum Gasteiger partial charge on any atom is 0.408 e. The number of alkyl halides is 3. The van der Waals surface area contributed by atoms with E-state index in [4.69, 9.17) is 4.74 Å². The van der Waals surface area contributed by atoms with Crippen molar-refractivity contribution in [2.45, 2.75) is 12.2 Å². The molecule has 1 aromatic rings. The number of phenols is 1. The third-order valence-electron chi connectivity index (χ3n) is 3.37. The molecule has 0 amide bonds. The van der Waals surface area contributed by atoms with Gasteiger partial charge in [0.1, 0.15) is 6.04 Å². The Morgan fingerprint density at radius 2 is 1.82 bits per heavy atom. The van der Waals surface area contributed by atoms with Crippen molar-refractivity contribution in [3.63, 3.8) is 0 Å². The van der Waals surface area contributed by atoms with Crippen LogP contribution in [0.25, 0.3) is 0 Å². The standard InChI is InChI=1S/C13H17F3N2O2.2ClH/c1-20-10-4-2-3-9(11(10)19)12(13(14,15)16)18-7-5-17-6-8-18;;/h2-4,12,17,19H,5-8H2,1H3;2*1H/t12-;;/m0../s1. The zero-order chi connectivity index (χ0) is 14.8. The van der Waals surface area contributed by atoms with Crippen molar-refractivity contribution in [1.29, 1.82) is 0 Å². The number of ether oxygens (including phenoxy) is 1. The van der Waals surface area contributed by atoms with Crippen molar-refractivity contribution >= 4 is 24.8 Å². The van der Waals surface area contributed by atoms with E-state index in [1.165, 1.54) is 30.2 Å². The van der Waals surface area contributed by atoms with E-state index in [1.54, 1.807) is 0 Å². The summed E-state index contributed by atoms with van der Waals surface area (Å²) in [6, 6.07) is 2.36. The third-order valence-corrected chi connectivity index (χ3v) is 3.37. The van der Waals surface area contributed by atoms with E-state index in [0.717, 1.165) is 0 Å². The van der Waals surface area contributed by atoms with Gasteiger partial charge in [0, 0.05) is 31.7 Å². The highest BCUT2D eigenvalue weighted by Gasteiger charge is 2.46. The predicted octanol–water partition coefficient (Wildman–Crippen LogP) is 2.75. The Hall–Kier alpha value is -0.890. The van der Waals surface area contributed by atoms with Crippen LogP contribution in [0.5, 0.6) is 11.5 Å². The van der Waals surface area contributed by atoms with Crippen LogP contribution in [0.2, 0.25) is 0 Å². The maximum absolute atomic E-state index is 13.4. The molecule has 1 aliphatic rings. The normalized spacial score (nSPS) is 17.1. The number of nitrogens with one attached hydrogen (secondary N) is 1. The lowest BCUT2D eigenvalue weighted by Gasteiger charge is -2.36. The molecule has 1 aliphatic heterocycles. The smallest absolute Gasteiger partial charge is 0.408 e. The molecule has 1 saturated heterocycles. The Balaban J connectivity index is 0.00000220. The maximum atomic E-state index is 13.4. The van der Waals surface area contributed by atoms with Gasteiger partial charge in [0.25, 0.3) is 0 Å². The minimum absolute atomic E-state index is 0. The van der Waals surface area contributed by atoms with Crippen molar-refractivity contribution in [3.8, 4) is 11.5 Å². The van der Waals surface area contributed by atoms with Gasteiger partial charge in [0.2, 0.25) is 0 Å². The van der Waals surface area contributed by atoms with E-state index >= 15 is 0 Å². The number of halogens is 5. The molecule has 128 valence electrons. The van der Waals surface area contributed by atoms with Crippen molar-refractivity contribution in [2.75, 3.05) is 33.3 Å². The van der Waals surface area contributed by atoms with Gasteiger partial charge >= 0.3 is 6.18 Å². The first-order chi connectivity index (χ1) is 9.45. The summed E-state index contributed by atoms with van der Waals surface area (Å²) in [5.74, 6) is -0.400. The minimum atomic E-state index is -4.46. The lowest BCUT2D eigenvalue weighted by Crippen LogP contribution is -2.49. The fourth-order valence-corrected chi connectivity index (χ4v) is 2.45. The average Bonchev–Trinajstić information content (AvgIpc) is 2.41. The van der Waals surface area contributed by atoms with Crippen molar-refractivity contribution < 1.29 is 23.0 Å². The average molecular weight is 363 g/mol. The summed E-state index contributed by atoms with van der Waals surface area (Å²) in [5.41, 5.74) is -0.168. The van der Waals surface area contributed by atoms with Gasteiger partial charge in [-0.2, -0.15) is 13.2 Å². The summed E-state index contributed by atoms with van der Waals surface area (Å²) < 4.78 is 45.1. The molecule has 1 heterocycles. The molecule has 0 saturated carbocycles. The van der Waals surface area contributed by atoms with Gasteiger partial charge in [-0.1, -0.05) is 12.1 Å². The molecule has 4 nitrogen and oxygen atoms in total. The largest absolute Gasteiger partial charge is 0.504 e. The number of hydrogen-bond acceptors (Lipinski definition) is 4. The summed E-state index contributed by atoms with van der Waals surface area (Å²) in [4.78, 5) is 1.32. The summed E-state index contributed by atoms with van der Waals surface area (Å²) in [6.07, 6.45) is -4.46. The molecule has 0 bridgehead atoms. The molecule has 1 aromatic carbocycles. The second-order valence-electron chi connectivity index (χ2n) is 4.63. The van der Waals surface area contributed by atoms with Gasteiger partial charge in [0.05, 0.1) is 7.11 Å². The van der Waals surface area contributed by atoms with Crippen LogP contribution in [0.3, 0.4) is 0 Å². The van der Waals surface area contributed by atoms with Crippen molar-refractivity contribution in [2.24, 2.45) is 0 Å². The number of nitrogens with zero attached hydrogens (tertiary/aromatic N) is 1. The van der Waals surface area contributed by atoms with E-state index in [0.29, 0.717) is 13.1 Å². The number of aromatic hydroxyl groups is 1. The van der Waals surface area contributed by atoms with Gasteiger partial charge in [-0.05, 0) is 6.07 Å². The quantitative estimate of drug-likeness (QED) is 0.867. The molecule has 0 unspecified atom stereocenters. The predicted molar refractivity (Wildman–Crippen MR) is 82.4 cm³/mol. The van der Waals surface area contributed by atoms with Crippen molar-refractivity contribution in [1.82, 2.24) is 10.2 Å². The molecule has 2 N–H and O–H groups in total. The molecule has 2 rings (SSSR count). The van der Waals surface area contributed by atoms with Crippen LogP contribution < -0.4 is 10.1 Å². The number of methoxy groups -OCH3 is 1. The lowest BCUT2D eigenvalue weighted by atomic mass is 10.0. The summed E-state index contributed by atoms with van der Waals surface area (Å²) in [5, 5.41) is 13.0. The highest BCUT2D eigenvalue weighted by Crippen LogP contribution is 2.44. The monoisotopic (exact) mass is 362 g/mol. The molecular weight excluding hydrogens is 344 g/mol. The van der Waals surface area contributed by atoms with Crippen LogP contribution >= 0.6 is 24.8 Å². The van der Waals surface area contributed by atoms with Crippen LogP contribution in [-0.4, -0.2) is 49.5 Å². The topological polar surface area (TPSA) is 44.7 Å². The Morgan fingerprint density at radius 3 is 2.32 bits per heavy atom. The zero-order valence-corrected chi connectivity index (χ0v) is 13.5. The van der Waals surface area contributed by atoms with Gasteiger partial charge in [-0.25, -0.2) is 0 Å². The van der Waals surface area contributed by atoms with Crippen LogP contribution in [0.4, 0.5) is 13.2 Å². The minimum Gasteiger partial charge on any atom is -0.504 e. The van der Waals surface area contributed by atoms with E-state index in [9.17, 15) is 18.3 Å². The molecule has 1 fully saturated rings. The van der Waals surface area contributed by atoms with E-state index < -0.39 is 18.0 Å². The first-order valence-corrected chi connectivity index (χ1v) is 6.32. The SMILES string of the molecule is COc1cccc([C@H](N2CCNCC2)C(F)(F)F)c1O.Cl.Cl. The molecule has 1 atom stereocenters. The fraction of sp³-hybridized carbons (Fsp3) is 0.538. The molecule has 9 heteroatoms. The fourth-order valence-electron chi connectivity index (χ4n) is 2.45. The Morgan fingerprint density at radius 1 is 1.23 bits per heavy atom. The van der Waals surface area contributed by atoms with Crippen molar-refractivity contribution in [3.05, 3.63) is 23.8 Å². The third kappa shape index (κ3) is 4.55. The summed E-state index contributed by atoms with van der Waals surface area (Å²) >= 11 is 0. The number of phenolic OH excluding ortho intramolecular Hbond substituents is 1. The number of hydrogen-bond donors (Lipinski definition) is 2. The first-order valence-electron chi connectivity index (χ1n) is 6.32. The highest BCUT2D eigenvalue weighted by atomic mass is 35.5. The number of para-hydroxylation sites is 1. The Bertz CT molecular complexity index is 469. The molecular formula is C13H19Cl2F3N2O2. The van der Waals surface area contributed by atoms with Crippen LogP contribution in [-0.2, 0) is 0 Å². The zero-order valence-electron chi connectivity index (χ0n) is 11.9. The molecule has 22 heavy (non-hydrogen) atoms. The van der Waals surface area contributed by atoms with Gasteiger partial charge in [-0.3, -0.25) is 4.90 Å². The lowest BCUT2D eigenvalue weighted by molar-refractivity contribution is -0.188. The van der Waals surface area contributed by atoms with E-state index in [2.05, 4.69) is 5.32 Å². The van der Waals surface area contributed by atoms with Gasteiger partial charge < -0.3 is 15.2 Å². The highest BCUT2D eigenvalue weighted by molar-refractivity contribution is 5.85. The summed E-state index contributed by atoms with van der Waals surface area (Å²) in [7, 11) is 1.31. The first kappa shape index (κ1) is 21.1. The van der Waals surface area contributed by atoms with Crippen LogP contribution in [0.15, 0.2) is 18.2 Å². The Kier molecular flexibility index (Phi) is 8.32. The molecule has 0 radical (unpaired) electrons. The Labute approximate surface area is 139 Å². The molecule has 0 aromatic heterocycles. The number of rotatable bonds is 3. The van der Waals surface area contributed by atoms with Crippen LogP contribution in [0.1, 0.15) is 11.6 Å².